The van der Waals surface area contributed by atoms with Crippen LogP contribution in [0.25, 0.3) is 22.6 Å². The Bertz CT molecular complexity index is 1350. The van der Waals surface area contributed by atoms with Crippen molar-refractivity contribution in [1.82, 2.24) is 25.2 Å². The fraction of sp³-hybridized carbons (Fsp3) is 0.429. The zero-order chi connectivity index (χ0) is 28.7. The number of hydrogen-bond donors (Lipinski definition) is 2. The highest BCUT2D eigenvalue weighted by Crippen LogP contribution is 2.36. The Morgan fingerprint density at radius 3 is 2.62 bits per heavy atom. The molecule has 9 nitrogen and oxygen atoms in total. The molecule has 3 aromatic rings. The van der Waals surface area contributed by atoms with Crippen molar-refractivity contribution in [2.24, 2.45) is 5.92 Å². The summed E-state index contributed by atoms with van der Waals surface area (Å²) in [6.45, 7) is 8.12. The number of alkyl halides is 3. The number of benzene rings is 1. The number of morpholine rings is 1. The lowest BCUT2D eigenvalue weighted by molar-refractivity contribution is -0.137. The lowest BCUT2D eigenvalue weighted by atomic mass is 10.0. The van der Waals surface area contributed by atoms with E-state index in [1.807, 2.05) is 0 Å². The highest BCUT2D eigenvalue weighted by Gasteiger charge is 2.34. The smallest absolute Gasteiger partial charge is 0.417 e. The Morgan fingerprint density at radius 1 is 1.18 bits per heavy atom. The van der Waals surface area contributed by atoms with Gasteiger partial charge in [0.05, 0.1) is 31.1 Å². The summed E-state index contributed by atoms with van der Waals surface area (Å²) in [7, 11) is 0. The minimum atomic E-state index is -4.69. The number of H-pyrrole nitrogens is 1. The molecule has 0 radical (unpaired) electrons. The molecule has 0 atom stereocenters. The maximum absolute atomic E-state index is 13.9. The summed E-state index contributed by atoms with van der Waals surface area (Å²) < 4.78 is 52.7. The molecular weight excluding hydrogens is 527 g/mol. The normalized spacial score (nSPS) is 14.3. The number of carbonyl (C=O) groups is 1. The van der Waals surface area contributed by atoms with Gasteiger partial charge in [0.2, 0.25) is 11.8 Å². The summed E-state index contributed by atoms with van der Waals surface area (Å²) in [6.07, 6.45) is -2.40. The molecule has 1 fully saturated rings. The van der Waals surface area contributed by atoms with E-state index in [0.717, 1.165) is 45.3 Å². The van der Waals surface area contributed by atoms with Crippen LogP contribution >= 0.6 is 0 Å². The number of hydrogen-bond acceptors (Lipinski definition) is 7. The zero-order valence-electron chi connectivity index (χ0n) is 22.4. The first-order chi connectivity index (χ1) is 19.1. The molecule has 0 aliphatic carbocycles. The highest BCUT2D eigenvalue weighted by atomic mass is 19.4. The number of carbonyl (C=O) groups excluding carboxylic acids is 1. The molecule has 1 aliphatic heterocycles. The first-order valence-corrected chi connectivity index (χ1v) is 13.1. The summed E-state index contributed by atoms with van der Waals surface area (Å²) >= 11 is 0. The predicted octanol–water partition coefficient (Wildman–Crippen LogP) is 3.89. The van der Waals surface area contributed by atoms with Crippen LogP contribution in [0.15, 0.2) is 47.4 Å². The number of nitrogens with one attached hydrogen (secondary N) is 2. The second-order valence-corrected chi connectivity index (χ2v) is 9.77. The maximum Gasteiger partial charge on any atom is 0.417 e. The third kappa shape index (κ3) is 7.89. The molecule has 12 heteroatoms. The quantitative estimate of drug-likeness (QED) is 0.363. The number of ether oxygens (including phenoxy) is 2. The summed E-state index contributed by atoms with van der Waals surface area (Å²) in [5.74, 6) is -0.349. The molecule has 4 rings (SSSR count). The Morgan fingerprint density at radius 2 is 1.95 bits per heavy atom. The number of amides is 1. The SMILES string of the molecule is CC(C)C(=O)NCc1ccc(C(F)(F)F)c(-c2nc(-c3ccc(OCCCN4CCOCC4)nc3)cc(=O)[nH]2)c1. The summed E-state index contributed by atoms with van der Waals surface area (Å²) in [5, 5.41) is 2.68. The van der Waals surface area contributed by atoms with Crippen LogP contribution in [0.4, 0.5) is 13.2 Å². The molecule has 1 saturated heterocycles. The van der Waals surface area contributed by atoms with Crippen molar-refractivity contribution in [3.63, 3.8) is 0 Å². The molecular formula is C28H32F3N5O4. The number of aromatic nitrogens is 3. The molecule has 40 heavy (non-hydrogen) atoms. The second kappa shape index (κ2) is 13.1. The van der Waals surface area contributed by atoms with E-state index < -0.39 is 17.3 Å². The molecule has 0 bridgehead atoms. The molecule has 1 aliphatic rings. The van der Waals surface area contributed by atoms with Crippen molar-refractivity contribution in [2.75, 3.05) is 39.5 Å². The van der Waals surface area contributed by atoms with Crippen LogP contribution in [0.3, 0.4) is 0 Å². The van der Waals surface area contributed by atoms with Gasteiger partial charge in [-0.15, -0.1) is 0 Å². The van der Waals surface area contributed by atoms with E-state index in [9.17, 15) is 22.8 Å². The fourth-order valence-electron chi connectivity index (χ4n) is 4.18. The van der Waals surface area contributed by atoms with Crippen LogP contribution in [0, 0.1) is 5.92 Å². The molecule has 3 heterocycles. The summed E-state index contributed by atoms with van der Waals surface area (Å²) in [6, 6.07) is 7.97. The molecule has 0 unspecified atom stereocenters. The predicted molar refractivity (Wildman–Crippen MR) is 143 cm³/mol. The van der Waals surface area contributed by atoms with Gasteiger partial charge in [0, 0.05) is 61.6 Å². The van der Waals surface area contributed by atoms with Crippen molar-refractivity contribution < 1.29 is 27.4 Å². The first kappa shape index (κ1) is 29.2. The average molecular weight is 560 g/mol. The molecule has 0 saturated carbocycles. The van der Waals surface area contributed by atoms with Crippen molar-refractivity contribution in [1.29, 1.82) is 0 Å². The number of pyridine rings is 1. The molecule has 1 aromatic carbocycles. The van der Waals surface area contributed by atoms with Crippen LogP contribution in [-0.4, -0.2) is 65.2 Å². The lowest BCUT2D eigenvalue weighted by Crippen LogP contribution is -2.37. The maximum atomic E-state index is 13.9. The highest BCUT2D eigenvalue weighted by molar-refractivity contribution is 5.78. The van der Waals surface area contributed by atoms with Crippen molar-refractivity contribution in [3.05, 3.63) is 64.1 Å². The first-order valence-electron chi connectivity index (χ1n) is 13.1. The Hall–Kier alpha value is -3.77. The number of rotatable bonds is 10. The van der Waals surface area contributed by atoms with Gasteiger partial charge in [-0.25, -0.2) is 9.97 Å². The minimum absolute atomic E-state index is 0.0316. The van der Waals surface area contributed by atoms with Gasteiger partial charge < -0.3 is 19.8 Å². The number of aromatic amines is 1. The largest absolute Gasteiger partial charge is 0.478 e. The van der Waals surface area contributed by atoms with E-state index in [4.69, 9.17) is 9.47 Å². The van der Waals surface area contributed by atoms with Gasteiger partial charge in [-0.3, -0.25) is 14.5 Å². The van der Waals surface area contributed by atoms with Gasteiger partial charge in [-0.05, 0) is 30.2 Å². The fourth-order valence-corrected chi connectivity index (χ4v) is 4.18. The van der Waals surface area contributed by atoms with E-state index in [0.29, 0.717) is 23.6 Å². The van der Waals surface area contributed by atoms with E-state index in [1.165, 1.54) is 24.4 Å². The van der Waals surface area contributed by atoms with Gasteiger partial charge in [-0.1, -0.05) is 19.9 Å². The van der Waals surface area contributed by atoms with E-state index >= 15 is 0 Å². The lowest BCUT2D eigenvalue weighted by Gasteiger charge is -2.26. The minimum Gasteiger partial charge on any atom is -0.478 e. The molecule has 1 amide bonds. The van der Waals surface area contributed by atoms with Crippen LogP contribution in [0.1, 0.15) is 31.4 Å². The van der Waals surface area contributed by atoms with Crippen LogP contribution in [-0.2, 0) is 22.3 Å². The Labute approximate surface area is 229 Å². The second-order valence-electron chi connectivity index (χ2n) is 9.77. The monoisotopic (exact) mass is 559 g/mol. The standard InChI is InChI=1S/C28H32F3N5O4/c1-18(2)27(38)33-16-19-4-6-22(28(29,30)31)21(14-19)26-34-23(15-24(37)35-26)20-5-7-25(32-17-20)40-11-3-8-36-9-12-39-13-10-36/h4-7,14-15,17-18H,3,8-13,16H2,1-2H3,(H,33,38)(H,34,35,37). The topological polar surface area (TPSA) is 109 Å². The van der Waals surface area contributed by atoms with Gasteiger partial charge >= 0.3 is 6.18 Å². The van der Waals surface area contributed by atoms with Crippen molar-refractivity contribution in [2.45, 2.75) is 33.0 Å². The van der Waals surface area contributed by atoms with Crippen LogP contribution < -0.4 is 15.6 Å². The zero-order valence-corrected chi connectivity index (χ0v) is 22.4. The van der Waals surface area contributed by atoms with E-state index in [1.54, 1.807) is 26.0 Å². The number of nitrogens with zero attached hydrogens (tertiary/aromatic N) is 3. The Balaban J connectivity index is 1.51. The number of halogens is 3. The van der Waals surface area contributed by atoms with Crippen LogP contribution in [0.5, 0.6) is 5.88 Å². The summed E-state index contributed by atoms with van der Waals surface area (Å²) in [4.78, 5) is 37.7. The van der Waals surface area contributed by atoms with Gasteiger partial charge in [0.1, 0.15) is 5.82 Å². The summed E-state index contributed by atoms with van der Waals surface area (Å²) in [5.41, 5.74) is -0.822. The third-order valence-corrected chi connectivity index (χ3v) is 6.38. The van der Waals surface area contributed by atoms with Crippen LogP contribution in [0.2, 0.25) is 0 Å². The van der Waals surface area contributed by atoms with Gasteiger partial charge in [0.25, 0.3) is 5.56 Å². The van der Waals surface area contributed by atoms with Gasteiger partial charge in [0.15, 0.2) is 0 Å². The third-order valence-electron chi connectivity index (χ3n) is 6.38. The average Bonchev–Trinajstić information content (AvgIpc) is 2.94. The molecule has 0 spiro atoms. The van der Waals surface area contributed by atoms with Crippen molar-refractivity contribution in [3.8, 4) is 28.5 Å². The molecule has 214 valence electrons. The van der Waals surface area contributed by atoms with Crippen molar-refractivity contribution >= 4 is 5.91 Å². The Kier molecular flexibility index (Phi) is 9.54. The van der Waals surface area contributed by atoms with E-state index in [2.05, 4.69) is 25.2 Å². The van der Waals surface area contributed by atoms with Gasteiger partial charge in [-0.2, -0.15) is 13.2 Å². The van der Waals surface area contributed by atoms with E-state index in [-0.39, 0.29) is 35.5 Å². The molecule has 2 aromatic heterocycles. The molecule has 2 N–H and O–H groups in total.